The Morgan fingerprint density at radius 2 is 1.78 bits per heavy atom. The number of carbonyl (C=O) groups is 5. The van der Waals surface area contributed by atoms with Crippen molar-refractivity contribution in [1.29, 1.82) is 0 Å². The van der Waals surface area contributed by atoms with Gasteiger partial charge in [0.25, 0.3) is 5.91 Å². The predicted molar refractivity (Wildman–Crippen MR) is 118 cm³/mol. The molecule has 0 aromatic heterocycles. The molecule has 0 radical (unpaired) electrons. The molecule has 3 N–H and O–H groups in total. The number of piperidine rings is 1. The van der Waals surface area contributed by atoms with Crippen molar-refractivity contribution in [1.82, 2.24) is 15.5 Å². The largest absolute Gasteiger partial charge is 0.385 e. The maximum Gasteiger partial charge on any atom is 0.261 e. The summed E-state index contributed by atoms with van der Waals surface area (Å²) in [5, 5.41) is 8.33. The van der Waals surface area contributed by atoms with Crippen molar-refractivity contribution in [3.8, 4) is 0 Å². The van der Waals surface area contributed by atoms with Crippen molar-refractivity contribution in [3.63, 3.8) is 0 Å². The molecule has 5 amide bonds. The third kappa shape index (κ3) is 5.72. The van der Waals surface area contributed by atoms with Crippen LogP contribution in [-0.4, -0.2) is 53.6 Å². The summed E-state index contributed by atoms with van der Waals surface area (Å²) in [5.74, 6) is -1.91. The molecule has 172 valence electrons. The minimum atomic E-state index is -0.942. The smallest absolute Gasteiger partial charge is 0.261 e. The van der Waals surface area contributed by atoms with Crippen molar-refractivity contribution < 1.29 is 24.0 Å². The molecule has 0 aliphatic carbocycles. The average molecular weight is 443 g/mol. The van der Waals surface area contributed by atoms with E-state index in [0.717, 1.165) is 49.2 Å². The molecule has 3 rings (SSSR count). The van der Waals surface area contributed by atoms with Crippen LogP contribution in [0, 0.1) is 0 Å². The highest BCUT2D eigenvalue weighted by atomic mass is 16.2. The fraction of sp³-hybridized carbons (Fsp3) is 0.522. The van der Waals surface area contributed by atoms with Crippen molar-refractivity contribution >= 4 is 35.2 Å². The molecule has 1 unspecified atom stereocenters. The van der Waals surface area contributed by atoms with Gasteiger partial charge in [0.05, 0.1) is 6.42 Å². The first-order valence-electron chi connectivity index (χ1n) is 11.2. The van der Waals surface area contributed by atoms with Gasteiger partial charge in [-0.1, -0.05) is 25.3 Å². The number of benzene rings is 1. The number of imide groups is 2. The highest BCUT2D eigenvalue weighted by Crippen LogP contribution is 2.29. The second-order valence-corrected chi connectivity index (χ2v) is 8.22. The van der Waals surface area contributed by atoms with Gasteiger partial charge in [-0.15, -0.1) is 0 Å². The predicted octanol–water partition coefficient (Wildman–Crippen LogP) is 1.52. The lowest BCUT2D eigenvalue weighted by Gasteiger charge is -2.35. The Morgan fingerprint density at radius 3 is 2.50 bits per heavy atom. The minimum absolute atomic E-state index is 0.00224. The van der Waals surface area contributed by atoms with E-state index < -0.39 is 23.8 Å². The second kappa shape index (κ2) is 10.9. The summed E-state index contributed by atoms with van der Waals surface area (Å²) in [6, 6.07) is 4.35. The first-order valence-corrected chi connectivity index (χ1v) is 11.2. The van der Waals surface area contributed by atoms with Crippen LogP contribution >= 0.6 is 0 Å². The number of carbonyl (C=O) groups excluding carboxylic acids is 5. The first kappa shape index (κ1) is 23.4. The zero-order chi connectivity index (χ0) is 23.1. The summed E-state index contributed by atoms with van der Waals surface area (Å²) in [6.45, 7) is 2.95. The molecule has 2 aliphatic heterocycles. The minimum Gasteiger partial charge on any atom is -0.385 e. The Morgan fingerprint density at radius 1 is 1.06 bits per heavy atom. The van der Waals surface area contributed by atoms with E-state index in [0.29, 0.717) is 17.7 Å². The molecule has 9 heteroatoms. The fourth-order valence-corrected chi connectivity index (χ4v) is 4.13. The Labute approximate surface area is 187 Å². The van der Waals surface area contributed by atoms with Gasteiger partial charge in [-0.25, -0.2) is 0 Å². The van der Waals surface area contributed by atoms with Crippen LogP contribution in [0.15, 0.2) is 18.2 Å². The number of fused-ring (bicyclic) bond motifs is 1. The molecule has 32 heavy (non-hydrogen) atoms. The molecule has 9 nitrogen and oxygen atoms in total. The highest BCUT2D eigenvalue weighted by Gasteiger charge is 2.42. The van der Waals surface area contributed by atoms with Crippen LogP contribution in [0.3, 0.4) is 0 Å². The lowest BCUT2D eigenvalue weighted by molar-refractivity contribution is -0.143. The summed E-state index contributed by atoms with van der Waals surface area (Å²) < 4.78 is 0. The van der Waals surface area contributed by atoms with E-state index in [4.69, 9.17) is 0 Å². The number of anilines is 1. The van der Waals surface area contributed by atoms with Crippen LogP contribution < -0.4 is 16.0 Å². The number of nitrogens with one attached hydrogen (secondary N) is 3. The van der Waals surface area contributed by atoms with Crippen LogP contribution in [0.5, 0.6) is 0 Å². The van der Waals surface area contributed by atoms with E-state index in [1.54, 1.807) is 12.1 Å². The van der Waals surface area contributed by atoms with Crippen molar-refractivity contribution in [2.45, 2.75) is 64.3 Å². The van der Waals surface area contributed by atoms with Gasteiger partial charge >= 0.3 is 0 Å². The standard InChI is InChI=1S/C23H30N4O5/c1-15(28)24-12-5-3-2-4-6-13-25-18-9-7-8-16-17(18)14-21(30)27(23(16)32)19-10-11-20(29)26-22(19)31/h7-9,19,25H,2-6,10-14H2,1H3,(H,24,28)(H,26,29,31). The molecule has 1 aromatic carbocycles. The Hall–Kier alpha value is -3.23. The molecule has 2 heterocycles. The average Bonchev–Trinajstić information content (AvgIpc) is 2.74. The maximum absolute atomic E-state index is 13.0. The van der Waals surface area contributed by atoms with Crippen LogP contribution in [-0.2, 0) is 25.6 Å². The van der Waals surface area contributed by atoms with Gasteiger partial charge in [-0.05, 0) is 37.0 Å². The van der Waals surface area contributed by atoms with Crippen LogP contribution in [0.25, 0.3) is 0 Å². The highest BCUT2D eigenvalue weighted by molar-refractivity contribution is 6.14. The Kier molecular flexibility index (Phi) is 7.97. The number of nitrogens with zero attached hydrogens (tertiary/aromatic N) is 1. The monoisotopic (exact) mass is 442 g/mol. The van der Waals surface area contributed by atoms with Crippen LogP contribution in [0.4, 0.5) is 5.69 Å². The summed E-state index contributed by atoms with van der Waals surface area (Å²) in [5.41, 5.74) is 1.83. The molecule has 1 aromatic rings. The van der Waals surface area contributed by atoms with Gasteiger partial charge < -0.3 is 10.6 Å². The molecule has 2 aliphatic rings. The molecular weight excluding hydrogens is 412 g/mol. The number of rotatable bonds is 10. The van der Waals surface area contributed by atoms with Gasteiger partial charge in [-0.3, -0.25) is 34.2 Å². The van der Waals surface area contributed by atoms with Crippen LogP contribution in [0.2, 0.25) is 0 Å². The normalized spacial score (nSPS) is 18.3. The second-order valence-electron chi connectivity index (χ2n) is 8.22. The van der Waals surface area contributed by atoms with E-state index in [2.05, 4.69) is 16.0 Å². The quantitative estimate of drug-likeness (QED) is 0.373. The van der Waals surface area contributed by atoms with Crippen molar-refractivity contribution in [2.75, 3.05) is 18.4 Å². The third-order valence-corrected chi connectivity index (χ3v) is 5.79. The van der Waals surface area contributed by atoms with E-state index >= 15 is 0 Å². The Bertz CT molecular complexity index is 914. The summed E-state index contributed by atoms with van der Waals surface area (Å²) in [6.07, 6.45) is 5.39. The summed E-state index contributed by atoms with van der Waals surface area (Å²) >= 11 is 0. The van der Waals surface area contributed by atoms with E-state index in [1.807, 2.05) is 6.07 Å². The molecule has 1 atom stereocenters. The molecular formula is C23H30N4O5. The number of hydrogen-bond acceptors (Lipinski definition) is 6. The van der Waals surface area contributed by atoms with E-state index in [9.17, 15) is 24.0 Å². The zero-order valence-corrected chi connectivity index (χ0v) is 18.4. The van der Waals surface area contributed by atoms with E-state index in [1.165, 1.54) is 6.92 Å². The van der Waals surface area contributed by atoms with Crippen molar-refractivity contribution in [3.05, 3.63) is 29.3 Å². The van der Waals surface area contributed by atoms with Gasteiger partial charge in [0.2, 0.25) is 23.6 Å². The van der Waals surface area contributed by atoms with Gasteiger partial charge in [0, 0.05) is 37.7 Å². The van der Waals surface area contributed by atoms with Gasteiger partial charge in [0.1, 0.15) is 6.04 Å². The molecule has 0 bridgehead atoms. The molecule has 1 fully saturated rings. The number of hydrogen-bond donors (Lipinski definition) is 3. The van der Waals surface area contributed by atoms with E-state index in [-0.39, 0.29) is 31.1 Å². The van der Waals surface area contributed by atoms with Gasteiger partial charge in [-0.2, -0.15) is 0 Å². The summed E-state index contributed by atoms with van der Waals surface area (Å²) in [7, 11) is 0. The lowest BCUT2D eigenvalue weighted by atomic mass is 9.93. The molecule has 0 spiro atoms. The zero-order valence-electron chi connectivity index (χ0n) is 18.4. The SMILES string of the molecule is CC(=O)NCCCCCCCNc1cccc2c1CC(=O)N(C1CCC(=O)NC1=O)C2=O. The summed E-state index contributed by atoms with van der Waals surface area (Å²) in [4.78, 5) is 61.2. The topological polar surface area (TPSA) is 125 Å². The lowest BCUT2D eigenvalue weighted by Crippen LogP contribution is -2.58. The fourth-order valence-electron chi connectivity index (χ4n) is 4.13. The first-order chi connectivity index (χ1) is 15.4. The maximum atomic E-state index is 13.0. The Balaban J connectivity index is 1.53. The molecule has 1 saturated heterocycles. The number of unbranched alkanes of at least 4 members (excludes halogenated alkanes) is 4. The third-order valence-electron chi connectivity index (χ3n) is 5.79. The number of amides is 5. The van der Waals surface area contributed by atoms with Crippen LogP contribution in [0.1, 0.15) is 67.8 Å². The van der Waals surface area contributed by atoms with Crippen molar-refractivity contribution in [2.24, 2.45) is 0 Å². The molecule has 0 saturated carbocycles. The van der Waals surface area contributed by atoms with Gasteiger partial charge in [0.15, 0.2) is 0 Å².